The van der Waals surface area contributed by atoms with Crippen LogP contribution in [0.15, 0.2) is 143 Å². The average Bonchev–Trinajstić information content (AvgIpc) is 3.60. The summed E-state index contributed by atoms with van der Waals surface area (Å²) in [5, 5.41) is 0. The van der Waals surface area contributed by atoms with E-state index in [-0.39, 0.29) is 24.8 Å². The van der Waals surface area contributed by atoms with Gasteiger partial charge in [-0.05, 0) is 0 Å². The molecule has 0 saturated heterocycles. The molecule has 5 aromatic rings. The quantitative estimate of drug-likeness (QED) is 0.270. The number of hydrogen-bond donors (Lipinski definition) is 0. The number of aryl methyl sites for hydroxylation is 2. The van der Waals surface area contributed by atoms with Gasteiger partial charge in [-0.25, -0.2) is 0 Å². The van der Waals surface area contributed by atoms with Gasteiger partial charge in [0.25, 0.3) is 0 Å². The zero-order valence-electron chi connectivity index (χ0n) is 23.8. The van der Waals surface area contributed by atoms with E-state index in [0.717, 1.165) is 6.42 Å². The molecule has 0 fully saturated rings. The van der Waals surface area contributed by atoms with Gasteiger partial charge in [0.05, 0.1) is 0 Å². The minimum Gasteiger partial charge on any atom is -1.00 e. The molecule has 0 spiro atoms. The van der Waals surface area contributed by atoms with E-state index >= 15 is 0 Å². The maximum Gasteiger partial charge on any atom is -1.00 e. The van der Waals surface area contributed by atoms with Crippen molar-refractivity contribution in [3.8, 4) is 11.1 Å². The van der Waals surface area contributed by atoms with E-state index in [0.29, 0.717) is 3.63 Å². The fourth-order valence-corrected chi connectivity index (χ4v) is 15.6. The van der Waals surface area contributed by atoms with Gasteiger partial charge in [0, 0.05) is 0 Å². The second-order valence-corrected chi connectivity index (χ2v) is 17.3. The van der Waals surface area contributed by atoms with Crippen LogP contribution in [-0.2, 0) is 21.3 Å². The Morgan fingerprint density at radius 2 is 1.07 bits per heavy atom. The molecule has 0 nitrogen and oxygen atoms in total. The second-order valence-electron chi connectivity index (χ2n) is 11.0. The fourth-order valence-electron chi connectivity index (χ4n) is 6.53. The minimum atomic E-state index is -2.71. The summed E-state index contributed by atoms with van der Waals surface area (Å²) in [4.78, 5) is 0. The molecule has 0 saturated carbocycles. The van der Waals surface area contributed by atoms with Crippen LogP contribution in [0.3, 0.4) is 0 Å². The summed E-state index contributed by atoms with van der Waals surface area (Å²) in [7, 11) is 0. The van der Waals surface area contributed by atoms with Crippen LogP contribution in [0.1, 0.15) is 49.0 Å². The monoisotopic (exact) mass is 660 g/mol. The first kappa shape index (κ1) is 30.4. The molecule has 0 amide bonds. The molecule has 5 aromatic carbocycles. The Bertz CT molecular complexity index is 1720. The van der Waals surface area contributed by atoms with Gasteiger partial charge in [-0.2, -0.15) is 0 Å². The first-order chi connectivity index (χ1) is 19.7. The molecule has 2 aliphatic rings. The number of rotatable bonds is 5. The molecule has 0 N–H and O–H groups in total. The molecule has 0 aliphatic heterocycles. The number of benzene rings is 5. The molecular weight excluding hydrogens is 631 g/mol. The van der Waals surface area contributed by atoms with Crippen molar-refractivity contribution in [1.82, 2.24) is 0 Å². The molecule has 206 valence electrons. The largest absolute Gasteiger partial charge is 1.00 e. The van der Waals surface area contributed by atoms with E-state index in [4.69, 9.17) is 0 Å². The van der Waals surface area contributed by atoms with E-state index in [1.807, 2.05) is 0 Å². The van der Waals surface area contributed by atoms with Crippen molar-refractivity contribution in [1.29, 1.82) is 0 Å². The topological polar surface area (TPSA) is 0 Å². The normalized spacial score (nSPS) is 13.0. The molecule has 3 heteroatoms. The van der Waals surface area contributed by atoms with Crippen LogP contribution in [0.5, 0.6) is 0 Å². The third-order valence-corrected chi connectivity index (χ3v) is 16.6. The Kier molecular flexibility index (Phi) is 9.44. The number of allylic oxidation sites excluding steroid dienone is 4. The van der Waals surface area contributed by atoms with Gasteiger partial charge in [-0.3, -0.25) is 0 Å². The van der Waals surface area contributed by atoms with Crippen molar-refractivity contribution in [2.45, 2.75) is 23.9 Å². The van der Waals surface area contributed by atoms with Gasteiger partial charge in [0.2, 0.25) is 0 Å². The Morgan fingerprint density at radius 3 is 1.57 bits per heavy atom. The molecular formula is C39H32Cl2Zr. The predicted molar refractivity (Wildman–Crippen MR) is 166 cm³/mol. The van der Waals surface area contributed by atoms with E-state index in [2.05, 4.69) is 153 Å². The zero-order valence-corrected chi connectivity index (χ0v) is 27.8. The summed E-state index contributed by atoms with van der Waals surface area (Å²) in [6.45, 7) is 4.50. The van der Waals surface area contributed by atoms with E-state index in [1.54, 1.807) is 6.49 Å². The van der Waals surface area contributed by atoms with E-state index < -0.39 is 21.3 Å². The van der Waals surface area contributed by atoms with Crippen molar-refractivity contribution < 1.29 is 46.1 Å². The predicted octanol–water partition coefficient (Wildman–Crippen LogP) is 3.64. The van der Waals surface area contributed by atoms with Gasteiger partial charge < -0.3 is 24.8 Å². The van der Waals surface area contributed by atoms with Crippen molar-refractivity contribution in [2.75, 3.05) is 0 Å². The van der Waals surface area contributed by atoms with Crippen LogP contribution in [0.4, 0.5) is 0 Å². The Hall–Kier alpha value is -3.09. The van der Waals surface area contributed by atoms with Crippen molar-refractivity contribution in [2.24, 2.45) is 0 Å². The van der Waals surface area contributed by atoms with Gasteiger partial charge in [-0.1, -0.05) is 0 Å². The van der Waals surface area contributed by atoms with Crippen LogP contribution in [0.2, 0.25) is 0 Å². The van der Waals surface area contributed by atoms with E-state index in [1.165, 1.54) is 55.6 Å². The SMILES string of the molecule is Cc1ccc2c(c1)[CH]([Zr+2]([C]1=CC(c3ccccc3)=CC1)=[C](c1ccccc1)c1ccccc1)c1cc(C)ccc1-2.[Cl-].[Cl-]. The molecule has 0 radical (unpaired) electrons. The summed E-state index contributed by atoms with van der Waals surface area (Å²) in [6, 6.07) is 47.7. The molecule has 0 heterocycles. The summed E-state index contributed by atoms with van der Waals surface area (Å²) >= 11 is -2.71. The average molecular weight is 663 g/mol. The fraction of sp³-hybridized carbons (Fsp3) is 0.103. The van der Waals surface area contributed by atoms with Crippen LogP contribution >= 0.6 is 0 Å². The zero-order chi connectivity index (χ0) is 27.1. The molecule has 0 atom stereocenters. The maximum absolute atomic E-state index is 2.71. The smallest absolute Gasteiger partial charge is 1.00 e. The molecule has 0 bridgehead atoms. The molecule has 2 aliphatic carbocycles. The van der Waals surface area contributed by atoms with Gasteiger partial charge in [-0.15, -0.1) is 0 Å². The van der Waals surface area contributed by atoms with Gasteiger partial charge in [0.1, 0.15) is 0 Å². The van der Waals surface area contributed by atoms with E-state index in [9.17, 15) is 0 Å². The first-order valence-corrected chi connectivity index (χ1v) is 18.1. The third kappa shape index (κ3) is 5.64. The van der Waals surface area contributed by atoms with Crippen LogP contribution in [0, 0.1) is 13.8 Å². The van der Waals surface area contributed by atoms with Gasteiger partial charge in [0.15, 0.2) is 0 Å². The van der Waals surface area contributed by atoms with Crippen LogP contribution < -0.4 is 24.8 Å². The second kappa shape index (κ2) is 13.1. The third-order valence-electron chi connectivity index (χ3n) is 8.33. The molecule has 7 rings (SSSR count). The summed E-state index contributed by atoms with van der Waals surface area (Å²) in [5.41, 5.74) is 14.1. The van der Waals surface area contributed by atoms with Crippen molar-refractivity contribution in [3.63, 3.8) is 0 Å². The van der Waals surface area contributed by atoms with Crippen molar-refractivity contribution in [3.05, 3.63) is 182 Å². The van der Waals surface area contributed by atoms with Crippen LogP contribution in [-0.4, -0.2) is 3.21 Å². The Balaban J connectivity index is 0.00000176. The van der Waals surface area contributed by atoms with Gasteiger partial charge >= 0.3 is 247 Å². The standard InChI is InChI=1S/C15H13.C13H10.C11H9.2ClH.Zr/c1-10-3-5-14-12(7-10)9-13-8-11(2)4-6-15(13)14;1-3-7-12(8-4-1)11-13-9-5-2-6-10-13;1-2-6-10(7-3-1)11-8-4-5-9-11;;;/h3-9H,1-2H3;1-10H;1-3,6-9H,4H2;2*1H;/q;;;;;+2/p-2. The summed E-state index contributed by atoms with van der Waals surface area (Å²) in [5.74, 6) is 0. The number of fused-ring (bicyclic) bond motifs is 3. The minimum absolute atomic E-state index is 0. The summed E-state index contributed by atoms with van der Waals surface area (Å²) < 4.78 is 3.71. The Labute approximate surface area is 269 Å². The number of halogens is 2. The molecule has 0 aromatic heterocycles. The first-order valence-electron chi connectivity index (χ1n) is 14.2. The van der Waals surface area contributed by atoms with Crippen molar-refractivity contribution >= 4 is 8.78 Å². The Morgan fingerprint density at radius 1 is 0.595 bits per heavy atom. The molecule has 42 heavy (non-hydrogen) atoms. The molecule has 0 unspecified atom stereocenters. The number of hydrogen-bond acceptors (Lipinski definition) is 0. The maximum atomic E-state index is 2.57. The summed E-state index contributed by atoms with van der Waals surface area (Å²) in [6.07, 6.45) is 6.09. The van der Waals surface area contributed by atoms with Crippen LogP contribution in [0.25, 0.3) is 16.7 Å².